The Morgan fingerprint density at radius 3 is 2.33 bits per heavy atom. The van der Waals surface area contributed by atoms with Crippen LogP contribution >= 0.6 is 0 Å². The van der Waals surface area contributed by atoms with E-state index >= 15 is 0 Å². The third-order valence-corrected chi connectivity index (χ3v) is 7.96. The van der Waals surface area contributed by atoms with Crippen LogP contribution in [0, 0.1) is 6.92 Å². The molecule has 8 heteroatoms. The molecule has 6 rings (SSSR count). The molecule has 43 heavy (non-hydrogen) atoms. The number of carbonyl (C=O) groups is 3. The maximum atomic E-state index is 13.4. The van der Waals surface area contributed by atoms with E-state index in [4.69, 9.17) is 0 Å². The molecule has 2 amide bonds. The van der Waals surface area contributed by atoms with Crippen LogP contribution in [0.4, 0.5) is 22.7 Å². The van der Waals surface area contributed by atoms with Gasteiger partial charge >= 0.3 is 0 Å². The molecular weight excluding hydrogens is 538 g/mol. The van der Waals surface area contributed by atoms with Crippen molar-refractivity contribution in [2.75, 3.05) is 54.1 Å². The fourth-order valence-electron chi connectivity index (χ4n) is 5.40. The third kappa shape index (κ3) is 6.05. The Bertz CT molecular complexity index is 1740. The Balaban J connectivity index is 1.14. The molecule has 0 bridgehead atoms. The van der Waals surface area contributed by atoms with Crippen LogP contribution in [0.3, 0.4) is 0 Å². The number of carbonyl (C=O) groups excluding carboxylic acids is 3. The lowest BCUT2D eigenvalue weighted by Gasteiger charge is -2.34. The highest BCUT2D eigenvalue weighted by Gasteiger charge is 2.25. The molecule has 1 fully saturated rings. The van der Waals surface area contributed by atoms with Crippen LogP contribution < -0.4 is 20.9 Å². The second-order valence-electron chi connectivity index (χ2n) is 10.9. The normalized spacial score (nSPS) is 15.6. The van der Waals surface area contributed by atoms with Crippen molar-refractivity contribution in [3.63, 3.8) is 0 Å². The van der Waals surface area contributed by atoms with Crippen LogP contribution in [0.2, 0.25) is 0 Å². The van der Waals surface area contributed by atoms with Gasteiger partial charge in [0.05, 0.1) is 5.57 Å². The summed E-state index contributed by atoms with van der Waals surface area (Å²) >= 11 is 0. The summed E-state index contributed by atoms with van der Waals surface area (Å²) in [5, 5.41) is 9.01. The van der Waals surface area contributed by atoms with Crippen molar-refractivity contribution >= 4 is 45.9 Å². The first-order chi connectivity index (χ1) is 20.9. The first kappa shape index (κ1) is 27.9. The first-order valence-corrected chi connectivity index (χ1v) is 14.3. The predicted molar refractivity (Wildman–Crippen MR) is 172 cm³/mol. The van der Waals surface area contributed by atoms with Gasteiger partial charge in [0.2, 0.25) is 0 Å². The number of hydrogen-bond acceptors (Lipinski definition) is 6. The van der Waals surface area contributed by atoms with E-state index in [0.717, 1.165) is 43.0 Å². The zero-order valence-corrected chi connectivity index (χ0v) is 24.2. The van der Waals surface area contributed by atoms with Crippen molar-refractivity contribution in [2.45, 2.75) is 6.92 Å². The van der Waals surface area contributed by atoms with Gasteiger partial charge in [-0.2, -0.15) is 0 Å². The van der Waals surface area contributed by atoms with E-state index in [2.05, 4.69) is 44.9 Å². The van der Waals surface area contributed by atoms with Crippen molar-refractivity contribution in [2.24, 2.45) is 0 Å². The van der Waals surface area contributed by atoms with E-state index < -0.39 is 0 Å². The zero-order chi connectivity index (χ0) is 29.9. The first-order valence-electron chi connectivity index (χ1n) is 14.3. The van der Waals surface area contributed by atoms with Gasteiger partial charge in [-0.3, -0.25) is 14.4 Å². The minimum atomic E-state index is -0.234. The predicted octanol–water partition coefficient (Wildman–Crippen LogP) is 5.64. The van der Waals surface area contributed by atoms with Gasteiger partial charge in [-0.1, -0.05) is 42.5 Å². The lowest BCUT2D eigenvalue weighted by Crippen LogP contribution is -2.44. The summed E-state index contributed by atoms with van der Waals surface area (Å²) in [5.41, 5.74) is 6.73. The summed E-state index contributed by atoms with van der Waals surface area (Å²) in [5.74, 6) is -0.677. The third-order valence-electron chi connectivity index (χ3n) is 7.96. The lowest BCUT2D eigenvalue weighted by atomic mass is 9.99. The number of likely N-dealkylation sites (N-methyl/N-ethyl adjacent to an activating group) is 1. The molecule has 4 aromatic rings. The molecule has 0 aliphatic carbocycles. The molecular formula is C35H33N5O3. The molecule has 0 unspecified atom stereocenters. The van der Waals surface area contributed by atoms with Gasteiger partial charge < -0.3 is 25.8 Å². The van der Waals surface area contributed by atoms with E-state index in [-0.39, 0.29) is 17.6 Å². The number of nitrogens with zero attached hydrogens (tertiary/aromatic N) is 2. The summed E-state index contributed by atoms with van der Waals surface area (Å²) < 4.78 is 0. The average Bonchev–Trinajstić information content (AvgIpc) is 3.34. The van der Waals surface area contributed by atoms with Gasteiger partial charge in [-0.15, -0.1) is 0 Å². The van der Waals surface area contributed by atoms with Gasteiger partial charge in [0.15, 0.2) is 5.78 Å². The minimum Gasteiger partial charge on any atom is -0.369 e. The van der Waals surface area contributed by atoms with Crippen LogP contribution in [0.5, 0.6) is 0 Å². The number of rotatable bonds is 7. The van der Waals surface area contributed by atoms with Crippen LogP contribution in [-0.4, -0.2) is 55.7 Å². The zero-order valence-electron chi connectivity index (χ0n) is 24.2. The van der Waals surface area contributed by atoms with Gasteiger partial charge in [0.1, 0.15) is 0 Å². The van der Waals surface area contributed by atoms with E-state index in [9.17, 15) is 14.4 Å². The highest BCUT2D eigenvalue weighted by molar-refractivity contribution is 6.32. The highest BCUT2D eigenvalue weighted by Crippen LogP contribution is 2.33. The molecule has 3 N–H and O–H groups in total. The Hall–Kier alpha value is -5.21. The molecule has 1 saturated heterocycles. The van der Waals surface area contributed by atoms with Gasteiger partial charge in [-0.25, -0.2) is 0 Å². The van der Waals surface area contributed by atoms with Crippen molar-refractivity contribution in [1.82, 2.24) is 4.90 Å². The molecule has 8 nitrogen and oxygen atoms in total. The van der Waals surface area contributed by atoms with Gasteiger partial charge in [-0.05, 0) is 68.1 Å². The van der Waals surface area contributed by atoms with Crippen LogP contribution in [0.1, 0.15) is 37.4 Å². The van der Waals surface area contributed by atoms with Crippen LogP contribution in [0.25, 0.3) is 5.57 Å². The van der Waals surface area contributed by atoms with Crippen molar-refractivity contribution < 1.29 is 14.4 Å². The summed E-state index contributed by atoms with van der Waals surface area (Å²) in [7, 11) is 2.14. The number of amides is 2. The Kier molecular flexibility index (Phi) is 7.77. The number of benzene rings is 4. The van der Waals surface area contributed by atoms with E-state index in [1.165, 1.54) is 5.69 Å². The summed E-state index contributed by atoms with van der Waals surface area (Å²) in [6.45, 7) is 5.99. The quantitative estimate of drug-likeness (QED) is 0.197. The number of piperazine rings is 1. The Labute approximate surface area is 251 Å². The number of aryl methyl sites for hydroxylation is 1. The highest BCUT2D eigenvalue weighted by atomic mass is 16.2. The Morgan fingerprint density at radius 2 is 1.56 bits per heavy atom. The second kappa shape index (κ2) is 12.0. The SMILES string of the molecule is Cc1ccccc1C(=O)Nc1cccc(C(=O)c2ccc3c(c2)NC(=O)C3=CNc2ccc(N3CCN(C)CC3)cc2)c1. The second-order valence-corrected chi connectivity index (χ2v) is 10.9. The monoisotopic (exact) mass is 571 g/mol. The molecule has 0 spiro atoms. The lowest BCUT2D eigenvalue weighted by molar-refractivity contribution is -0.110. The number of nitrogens with one attached hydrogen (secondary N) is 3. The average molecular weight is 572 g/mol. The van der Waals surface area contributed by atoms with Crippen molar-refractivity contribution in [3.8, 4) is 0 Å². The fourth-order valence-corrected chi connectivity index (χ4v) is 5.40. The number of ketones is 1. The van der Waals surface area contributed by atoms with Crippen LogP contribution in [0.15, 0.2) is 97.2 Å². The maximum absolute atomic E-state index is 13.4. The Morgan fingerprint density at radius 1 is 0.814 bits per heavy atom. The fraction of sp³-hybridized carbons (Fsp3) is 0.171. The molecule has 2 aliphatic heterocycles. The summed E-state index contributed by atoms with van der Waals surface area (Å²) in [6, 6.07) is 27.6. The number of hydrogen-bond donors (Lipinski definition) is 3. The van der Waals surface area contributed by atoms with E-state index in [0.29, 0.717) is 33.6 Å². The topological polar surface area (TPSA) is 93.8 Å². The molecule has 2 heterocycles. The smallest absolute Gasteiger partial charge is 0.257 e. The molecule has 0 radical (unpaired) electrons. The van der Waals surface area contributed by atoms with Gasteiger partial charge in [0.25, 0.3) is 11.8 Å². The standard InChI is InChI=1S/C35H33N5O3/c1-23-6-3-4-9-29(23)34(42)37-27-8-5-7-24(20-27)33(41)25-10-15-30-31(35(43)38-32(30)21-25)22-36-26-11-13-28(14-12-26)40-18-16-39(2)17-19-40/h3-15,20-22,36H,16-19H2,1-2H3,(H,37,42)(H,38,43). The maximum Gasteiger partial charge on any atom is 0.257 e. The van der Waals surface area contributed by atoms with Crippen molar-refractivity contribution in [3.05, 3.63) is 125 Å². The molecule has 0 atom stereocenters. The molecule has 0 aromatic heterocycles. The molecule has 2 aliphatic rings. The van der Waals surface area contributed by atoms with E-state index in [1.54, 1.807) is 54.7 Å². The van der Waals surface area contributed by atoms with Crippen molar-refractivity contribution in [1.29, 1.82) is 0 Å². The summed E-state index contributed by atoms with van der Waals surface area (Å²) in [6.07, 6.45) is 1.70. The molecule has 0 saturated carbocycles. The molecule has 216 valence electrons. The minimum absolute atomic E-state index is 0.208. The summed E-state index contributed by atoms with van der Waals surface area (Å²) in [4.78, 5) is 43.7. The largest absolute Gasteiger partial charge is 0.369 e. The van der Waals surface area contributed by atoms with Crippen LogP contribution in [-0.2, 0) is 4.79 Å². The van der Waals surface area contributed by atoms with Gasteiger partial charge in [0, 0.05) is 77.4 Å². The van der Waals surface area contributed by atoms with E-state index in [1.807, 2.05) is 37.3 Å². The number of anilines is 4. The molecule has 4 aromatic carbocycles. The number of fused-ring (bicyclic) bond motifs is 1.